The molecule has 1 N–H and O–H groups in total. The van der Waals surface area contributed by atoms with Gasteiger partial charge in [0.2, 0.25) is 0 Å². The van der Waals surface area contributed by atoms with Gasteiger partial charge in [0.25, 0.3) is 0 Å². The molecular weight excluding hydrogens is 337 g/mol. The number of hydrogen-bond donors (Lipinski definition) is 1. The molecule has 0 aromatic heterocycles. The van der Waals surface area contributed by atoms with E-state index >= 15 is 0 Å². The number of likely N-dealkylation sites (tertiary alicyclic amines) is 1. The Hall–Kier alpha value is -2.49. The van der Waals surface area contributed by atoms with Crippen molar-refractivity contribution in [3.05, 3.63) is 95.8 Å². The molecule has 2 nitrogen and oxygen atoms in total. The van der Waals surface area contributed by atoms with Crippen LogP contribution in [-0.2, 0) is 6.54 Å². The van der Waals surface area contributed by atoms with Gasteiger partial charge in [-0.25, -0.2) is 4.39 Å². The van der Waals surface area contributed by atoms with Crippen molar-refractivity contribution in [1.82, 2.24) is 4.90 Å². The summed E-state index contributed by atoms with van der Waals surface area (Å²) in [5.41, 5.74) is 4.37. The van der Waals surface area contributed by atoms with Crippen LogP contribution in [0, 0.1) is 5.82 Å². The zero-order valence-electron chi connectivity index (χ0n) is 15.3. The SMILES string of the molecule is OC1CCN(Cc2ccccc2)C(c2ccc(-c3cccc(F)c3)cc2)C1. The Kier molecular flexibility index (Phi) is 5.33. The Morgan fingerprint density at radius 1 is 0.889 bits per heavy atom. The largest absolute Gasteiger partial charge is 0.393 e. The molecule has 1 aliphatic rings. The maximum atomic E-state index is 13.5. The second-order valence-corrected chi connectivity index (χ2v) is 7.28. The molecule has 3 aromatic carbocycles. The fourth-order valence-corrected chi connectivity index (χ4v) is 3.92. The summed E-state index contributed by atoms with van der Waals surface area (Å²) in [6.45, 7) is 1.76. The zero-order valence-corrected chi connectivity index (χ0v) is 15.3. The van der Waals surface area contributed by atoms with Gasteiger partial charge in [0, 0.05) is 19.1 Å². The lowest BCUT2D eigenvalue weighted by molar-refractivity contribution is 0.0364. The van der Waals surface area contributed by atoms with Crippen molar-refractivity contribution < 1.29 is 9.50 Å². The van der Waals surface area contributed by atoms with Gasteiger partial charge in [-0.15, -0.1) is 0 Å². The Morgan fingerprint density at radius 2 is 1.67 bits per heavy atom. The van der Waals surface area contributed by atoms with Crippen LogP contribution in [0.3, 0.4) is 0 Å². The van der Waals surface area contributed by atoms with Crippen LogP contribution in [0.5, 0.6) is 0 Å². The third-order valence-corrected chi connectivity index (χ3v) is 5.37. The minimum atomic E-state index is -0.259. The second-order valence-electron chi connectivity index (χ2n) is 7.28. The summed E-state index contributed by atoms with van der Waals surface area (Å²) in [6.07, 6.45) is 1.29. The first kappa shape index (κ1) is 17.9. The molecule has 1 aliphatic heterocycles. The summed E-state index contributed by atoms with van der Waals surface area (Å²) in [4.78, 5) is 2.44. The number of hydrogen-bond acceptors (Lipinski definition) is 2. The molecule has 0 aliphatic carbocycles. The Bertz CT molecular complexity index is 878. The van der Waals surface area contributed by atoms with Gasteiger partial charge in [-0.05, 0) is 47.2 Å². The van der Waals surface area contributed by atoms with Gasteiger partial charge in [-0.2, -0.15) is 0 Å². The van der Waals surface area contributed by atoms with Crippen LogP contribution in [0.4, 0.5) is 4.39 Å². The number of aliphatic hydroxyl groups excluding tert-OH is 1. The van der Waals surface area contributed by atoms with E-state index in [1.165, 1.54) is 17.2 Å². The molecule has 0 amide bonds. The molecule has 0 radical (unpaired) electrons. The summed E-state index contributed by atoms with van der Waals surface area (Å²) < 4.78 is 13.5. The van der Waals surface area contributed by atoms with E-state index in [1.54, 1.807) is 12.1 Å². The highest BCUT2D eigenvalue weighted by atomic mass is 19.1. The predicted molar refractivity (Wildman–Crippen MR) is 107 cm³/mol. The van der Waals surface area contributed by atoms with Crippen LogP contribution in [0.2, 0.25) is 0 Å². The Balaban J connectivity index is 1.57. The van der Waals surface area contributed by atoms with Gasteiger partial charge in [-0.1, -0.05) is 66.7 Å². The smallest absolute Gasteiger partial charge is 0.123 e. The molecule has 3 heteroatoms. The van der Waals surface area contributed by atoms with Crippen LogP contribution in [-0.4, -0.2) is 22.7 Å². The lowest BCUT2D eigenvalue weighted by atomic mass is 9.91. The predicted octanol–water partition coefficient (Wildman–Crippen LogP) is 5.19. The Labute approximate surface area is 159 Å². The minimum Gasteiger partial charge on any atom is -0.393 e. The number of rotatable bonds is 4. The van der Waals surface area contributed by atoms with E-state index in [9.17, 15) is 9.50 Å². The number of halogens is 1. The molecule has 0 spiro atoms. The second kappa shape index (κ2) is 8.03. The summed E-state index contributed by atoms with van der Waals surface area (Å²) in [5, 5.41) is 10.2. The fraction of sp³-hybridized carbons (Fsp3) is 0.250. The van der Waals surface area contributed by atoms with E-state index in [-0.39, 0.29) is 18.0 Å². The van der Waals surface area contributed by atoms with Crippen LogP contribution >= 0.6 is 0 Å². The van der Waals surface area contributed by atoms with E-state index in [0.29, 0.717) is 0 Å². The molecule has 0 saturated carbocycles. The van der Waals surface area contributed by atoms with Crippen molar-refractivity contribution in [2.75, 3.05) is 6.54 Å². The first-order chi connectivity index (χ1) is 13.2. The lowest BCUT2D eigenvalue weighted by Crippen LogP contribution is -2.38. The average Bonchev–Trinajstić information content (AvgIpc) is 2.70. The number of nitrogens with zero attached hydrogens (tertiary/aromatic N) is 1. The van der Waals surface area contributed by atoms with Crippen molar-refractivity contribution in [3.63, 3.8) is 0 Å². The molecule has 0 bridgehead atoms. The molecule has 2 atom stereocenters. The lowest BCUT2D eigenvalue weighted by Gasteiger charge is -2.38. The number of aliphatic hydroxyl groups is 1. The molecule has 1 heterocycles. The molecule has 4 rings (SSSR count). The average molecular weight is 361 g/mol. The van der Waals surface area contributed by atoms with Crippen LogP contribution < -0.4 is 0 Å². The highest BCUT2D eigenvalue weighted by Gasteiger charge is 2.28. The topological polar surface area (TPSA) is 23.5 Å². The number of benzene rings is 3. The van der Waals surface area contributed by atoms with Crippen molar-refractivity contribution in [2.24, 2.45) is 0 Å². The van der Waals surface area contributed by atoms with Gasteiger partial charge in [-0.3, -0.25) is 4.90 Å². The van der Waals surface area contributed by atoms with E-state index in [4.69, 9.17) is 0 Å². The molecule has 3 aromatic rings. The van der Waals surface area contributed by atoms with E-state index in [0.717, 1.165) is 37.1 Å². The molecule has 1 saturated heterocycles. The van der Waals surface area contributed by atoms with Crippen LogP contribution in [0.25, 0.3) is 11.1 Å². The van der Waals surface area contributed by atoms with Gasteiger partial charge >= 0.3 is 0 Å². The van der Waals surface area contributed by atoms with E-state index < -0.39 is 0 Å². The number of piperidine rings is 1. The van der Waals surface area contributed by atoms with E-state index in [2.05, 4.69) is 41.3 Å². The van der Waals surface area contributed by atoms with Crippen molar-refractivity contribution in [1.29, 1.82) is 0 Å². The molecule has 27 heavy (non-hydrogen) atoms. The van der Waals surface area contributed by atoms with E-state index in [1.807, 2.05) is 24.3 Å². The normalized spacial score (nSPS) is 20.5. The summed E-state index contributed by atoms with van der Waals surface area (Å²) in [6, 6.07) is 25.6. The van der Waals surface area contributed by atoms with Gasteiger partial charge in [0.15, 0.2) is 0 Å². The van der Waals surface area contributed by atoms with Gasteiger partial charge in [0.1, 0.15) is 5.82 Å². The Morgan fingerprint density at radius 3 is 2.41 bits per heavy atom. The monoisotopic (exact) mass is 361 g/mol. The maximum absolute atomic E-state index is 13.5. The third-order valence-electron chi connectivity index (χ3n) is 5.37. The fourth-order valence-electron chi connectivity index (χ4n) is 3.92. The third kappa shape index (κ3) is 4.26. The van der Waals surface area contributed by atoms with Crippen LogP contribution in [0.1, 0.15) is 30.0 Å². The summed E-state index contributed by atoms with van der Waals surface area (Å²) in [7, 11) is 0. The van der Waals surface area contributed by atoms with Gasteiger partial charge in [0.05, 0.1) is 6.10 Å². The molecular formula is C24H24FNO. The quantitative estimate of drug-likeness (QED) is 0.691. The molecule has 1 fully saturated rings. The highest BCUT2D eigenvalue weighted by molar-refractivity contribution is 5.63. The standard InChI is InChI=1S/C24H24FNO/c25-22-8-4-7-21(15-22)19-9-11-20(12-10-19)24-16-23(27)13-14-26(24)17-18-5-2-1-3-6-18/h1-12,15,23-24,27H,13-14,16-17H2. The van der Waals surface area contributed by atoms with Crippen molar-refractivity contribution in [2.45, 2.75) is 31.5 Å². The summed E-state index contributed by atoms with van der Waals surface area (Å²) in [5.74, 6) is -0.221. The highest BCUT2D eigenvalue weighted by Crippen LogP contribution is 2.33. The maximum Gasteiger partial charge on any atom is 0.123 e. The minimum absolute atomic E-state index is 0.190. The van der Waals surface area contributed by atoms with Crippen LogP contribution in [0.15, 0.2) is 78.9 Å². The first-order valence-electron chi connectivity index (χ1n) is 9.51. The summed E-state index contributed by atoms with van der Waals surface area (Å²) >= 11 is 0. The van der Waals surface area contributed by atoms with Crippen molar-refractivity contribution in [3.8, 4) is 11.1 Å². The zero-order chi connectivity index (χ0) is 18.6. The molecule has 2 unspecified atom stereocenters. The van der Waals surface area contributed by atoms with Crippen molar-refractivity contribution >= 4 is 0 Å². The molecule has 138 valence electrons. The first-order valence-corrected chi connectivity index (χ1v) is 9.51. The van der Waals surface area contributed by atoms with Gasteiger partial charge < -0.3 is 5.11 Å².